The third kappa shape index (κ3) is 4.00. The fourth-order valence-electron chi connectivity index (χ4n) is 3.08. The number of amides is 2. The molecule has 1 aliphatic heterocycles. The van der Waals surface area contributed by atoms with Gasteiger partial charge in [-0.2, -0.15) is 10.4 Å². The van der Waals surface area contributed by atoms with E-state index in [1.165, 1.54) is 4.90 Å². The first kappa shape index (κ1) is 18.3. The lowest BCUT2D eigenvalue weighted by molar-refractivity contribution is 0.1000. The number of carbonyl (C=O) groups is 2. The van der Waals surface area contributed by atoms with Gasteiger partial charge < -0.3 is 20.5 Å². The molecular formula is C18H19N5O4. The number of piperidine rings is 1. The molecule has 1 aliphatic rings. The van der Waals surface area contributed by atoms with E-state index in [0.717, 1.165) is 0 Å². The molecule has 1 saturated heterocycles. The summed E-state index contributed by atoms with van der Waals surface area (Å²) < 4.78 is 7.34. The summed E-state index contributed by atoms with van der Waals surface area (Å²) in [4.78, 5) is 23.5. The van der Waals surface area contributed by atoms with Crippen LogP contribution in [0.4, 0.5) is 4.79 Å². The molecule has 1 fully saturated rings. The highest BCUT2D eigenvalue weighted by molar-refractivity contribution is 5.92. The van der Waals surface area contributed by atoms with Crippen LogP contribution >= 0.6 is 0 Å². The first-order valence-corrected chi connectivity index (χ1v) is 8.46. The summed E-state index contributed by atoms with van der Waals surface area (Å²) in [6.45, 7) is 0.998. The normalized spacial score (nSPS) is 14.6. The van der Waals surface area contributed by atoms with Gasteiger partial charge in [0.05, 0.1) is 12.2 Å². The molecule has 140 valence electrons. The summed E-state index contributed by atoms with van der Waals surface area (Å²) in [7, 11) is 0. The summed E-state index contributed by atoms with van der Waals surface area (Å²) in [5, 5.41) is 22.9. The van der Waals surface area contributed by atoms with Crippen LogP contribution in [0.5, 0.6) is 5.75 Å². The number of nitriles is 1. The minimum atomic E-state index is -0.925. The second kappa shape index (κ2) is 7.78. The van der Waals surface area contributed by atoms with Gasteiger partial charge in [-0.25, -0.2) is 4.79 Å². The Labute approximate surface area is 155 Å². The number of likely N-dealkylation sites (tertiary alicyclic amines) is 1. The Morgan fingerprint density at radius 2 is 1.96 bits per heavy atom. The monoisotopic (exact) mass is 369 g/mol. The molecule has 9 heteroatoms. The average Bonchev–Trinajstić information content (AvgIpc) is 3.09. The number of carbonyl (C=O) groups excluding carboxylic acids is 1. The fourth-order valence-corrected chi connectivity index (χ4v) is 3.08. The quantitative estimate of drug-likeness (QED) is 0.824. The average molecular weight is 369 g/mol. The van der Waals surface area contributed by atoms with Crippen molar-refractivity contribution in [1.82, 2.24) is 14.7 Å². The van der Waals surface area contributed by atoms with Gasteiger partial charge in [-0.05, 0) is 37.1 Å². The third-order valence-corrected chi connectivity index (χ3v) is 4.59. The van der Waals surface area contributed by atoms with Gasteiger partial charge in [-0.3, -0.25) is 9.48 Å². The number of nitrogens with zero attached hydrogens (tertiary/aromatic N) is 4. The predicted molar refractivity (Wildman–Crippen MR) is 94.1 cm³/mol. The second-order valence-corrected chi connectivity index (χ2v) is 6.25. The van der Waals surface area contributed by atoms with Crippen LogP contribution in [0.1, 0.15) is 40.5 Å². The van der Waals surface area contributed by atoms with E-state index in [4.69, 9.17) is 15.6 Å². The number of primary amides is 1. The number of aromatic nitrogens is 2. The van der Waals surface area contributed by atoms with Crippen LogP contribution in [0.3, 0.4) is 0 Å². The van der Waals surface area contributed by atoms with Crippen molar-refractivity contribution in [3.63, 3.8) is 0 Å². The molecule has 9 nitrogen and oxygen atoms in total. The molecule has 1 aromatic heterocycles. The summed E-state index contributed by atoms with van der Waals surface area (Å²) in [5.41, 5.74) is 6.66. The maximum atomic E-state index is 11.1. The molecule has 0 unspecified atom stereocenters. The molecule has 2 heterocycles. The Bertz CT molecular complexity index is 876. The topological polar surface area (TPSA) is 134 Å². The third-order valence-electron chi connectivity index (χ3n) is 4.59. The molecule has 0 bridgehead atoms. The molecule has 0 aliphatic carbocycles. The first-order chi connectivity index (χ1) is 13.0. The van der Waals surface area contributed by atoms with Crippen molar-refractivity contribution in [2.75, 3.05) is 13.1 Å². The van der Waals surface area contributed by atoms with E-state index < -0.39 is 12.0 Å². The van der Waals surface area contributed by atoms with Crippen LogP contribution < -0.4 is 10.5 Å². The van der Waals surface area contributed by atoms with Gasteiger partial charge in [0, 0.05) is 24.2 Å². The zero-order chi connectivity index (χ0) is 19.4. The van der Waals surface area contributed by atoms with E-state index in [1.807, 2.05) is 0 Å². The van der Waals surface area contributed by atoms with Crippen LogP contribution in [0.25, 0.3) is 0 Å². The maximum absolute atomic E-state index is 11.1. The number of benzene rings is 1. The van der Waals surface area contributed by atoms with E-state index >= 15 is 0 Å². The number of hydrogen-bond donors (Lipinski definition) is 2. The van der Waals surface area contributed by atoms with Crippen molar-refractivity contribution in [3.05, 3.63) is 47.3 Å². The minimum absolute atomic E-state index is 0.0150. The van der Waals surface area contributed by atoms with E-state index in [1.54, 1.807) is 35.1 Å². The van der Waals surface area contributed by atoms with E-state index in [2.05, 4.69) is 11.2 Å². The largest absolute Gasteiger partial charge is 0.489 e. The van der Waals surface area contributed by atoms with Crippen molar-refractivity contribution < 1.29 is 19.4 Å². The summed E-state index contributed by atoms with van der Waals surface area (Å²) in [6.07, 6.45) is 1.89. The molecule has 0 spiro atoms. The number of rotatable bonds is 5. The van der Waals surface area contributed by atoms with Crippen molar-refractivity contribution >= 4 is 12.0 Å². The molecule has 2 amide bonds. The second-order valence-electron chi connectivity index (χ2n) is 6.25. The van der Waals surface area contributed by atoms with Crippen molar-refractivity contribution in [2.24, 2.45) is 5.73 Å². The number of carboxylic acid groups (broad SMARTS) is 1. The molecular weight excluding hydrogens is 350 g/mol. The Morgan fingerprint density at radius 3 is 2.52 bits per heavy atom. The van der Waals surface area contributed by atoms with E-state index in [9.17, 15) is 14.9 Å². The van der Waals surface area contributed by atoms with Crippen LogP contribution in [0, 0.1) is 11.3 Å². The van der Waals surface area contributed by atoms with Crippen LogP contribution in [-0.4, -0.2) is 44.9 Å². The lowest BCUT2D eigenvalue weighted by Crippen LogP contribution is -2.38. The van der Waals surface area contributed by atoms with Crippen LogP contribution in [0.15, 0.2) is 30.5 Å². The van der Waals surface area contributed by atoms with Crippen molar-refractivity contribution in [1.29, 1.82) is 5.26 Å². The Balaban J connectivity index is 1.66. The number of hydrogen-bond acceptors (Lipinski definition) is 5. The van der Waals surface area contributed by atoms with E-state index in [-0.39, 0.29) is 12.6 Å². The Hall–Kier alpha value is -3.54. The molecule has 0 radical (unpaired) electrons. The SMILES string of the molecule is N#Cc1c(COc2ccc(C(N)=O)cc2)cnn1C1CCN(C(=O)O)CC1. The lowest BCUT2D eigenvalue weighted by Gasteiger charge is -2.30. The molecule has 0 atom stereocenters. The van der Waals surface area contributed by atoms with Crippen molar-refractivity contribution in [3.8, 4) is 11.8 Å². The lowest BCUT2D eigenvalue weighted by atomic mass is 10.1. The smallest absolute Gasteiger partial charge is 0.407 e. The van der Waals surface area contributed by atoms with Gasteiger partial charge in [0.1, 0.15) is 24.1 Å². The highest BCUT2D eigenvalue weighted by Gasteiger charge is 2.26. The molecule has 3 rings (SSSR count). The highest BCUT2D eigenvalue weighted by Crippen LogP contribution is 2.25. The molecule has 27 heavy (non-hydrogen) atoms. The van der Waals surface area contributed by atoms with Crippen molar-refractivity contribution in [2.45, 2.75) is 25.5 Å². The van der Waals surface area contributed by atoms with Crippen LogP contribution in [0.2, 0.25) is 0 Å². The summed E-state index contributed by atoms with van der Waals surface area (Å²) in [6, 6.07) is 8.57. The summed E-state index contributed by atoms with van der Waals surface area (Å²) in [5.74, 6) is 0.0370. The predicted octanol–water partition coefficient (Wildman–Crippen LogP) is 1.75. The molecule has 3 N–H and O–H groups in total. The minimum Gasteiger partial charge on any atom is -0.489 e. The number of nitrogens with two attached hydrogens (primary N) is 1. The highest BCUT2D eigenvalue weighted by atomic mass is 16.5. The zero-order valence-electron chi connectivity index (χ0n) is 14.5. The van der Waals surface area contributed by atoms with Gasteiger partial charge in [-0.1, -0.05) is 0 Å². The Kier molecular flexibility index (Phi) is 5.26. The van der Waals surface area contributed by atoms with Gasteiger partial charge in [0.25, 0.3) is 0 Å². The van der Waals surface area contributed by atoms with Gasteiger partial charge in [-0.15, -0.1) is 0 Å². The summed E-state index contributed by atoms with van der Waals surface area (Å²) >= 11 is 0. The van der Waals surface area contributed by atoms with Crippen LogP contribution in [-0.2, 0) is 6.61 Å². The molecule has 0 saturated carbocycles. The van der Waals surface area contributed by atoms with Gasteiger partial charge in [0.15, 0.2) is 0 Å². The first-order valence-electron chi connectivity index (χ1n) is 8.46. The standard InChI is InChI=1S/C18H19N5O4/c19-9-16-13(11-27-15-3-1-12(2-4-15)17(20)24)10-21-23(16)14-5-7-22(8-6-14)18(25)26/h1-4,10,14H,5-8,11H2,(H2,20,24)(H,25,26). The Morgan fingerprint density at radius 1 is 1.30 bits per heavy atom. The van der Waals surface area contributed by atoms with Gasteiger partial charge in [0.2, 0.25) is 5.91 Å². The van der Waals surface area contributed by atoms with Gasteiger partial charge >= 0.3 is 6.09 Å². The maximum Gasteiger partial charge on any atom is 0.407 e. The number of ether oxygens (including phenoxy) is 1. The molecule has 1 aromatic carbocycles. The zero-order valence-corrected chi connectivity index (χ0v) is 14.5. The molecule has 2 aromatic rings. The fraction of sp³-hybridized carbons (Fsp3) is 0.333. The van der Waals surface area contributed by atoms with E-state index in [0.29, 0.717) is 48.5 Å².